The zero-order valence-corrected chi connectivity index (χ0v) is 16.9. The Kier molecular flexibility index (Phi) is 5.78. The van der Waals surface area contributed by atoms with E-state index in [4.69, 9.17) is 21.3 Å². The maximum atomic E-state index is 14.0. The molecule has 1 saturated heterocycles. The van der Waals surface area contributed by atoms with Crippen molar-refractivity contribution in [2.45, 2.75) is 25.3 Å². The standard InChI is InChI=1S/C21H22ClFN4O2/c1-29-10-9-27-19-12-24-7-5-18(19)25-21(27)14-6-8-26(13-14)20(28)11-15-16(22)3-2-4-17(15)23/h2-5,7,12,14H,6,8-11,13H2,1H3. The molecule has 4 rings (SSSR count). The lowest BCUT2D eigenvalue weighted by molar-refractivity contribution is -0.129. The van der Waals surface area contributed by atoms with Crippen LogP contribution in [0.4, 0.5) is 4.39 Å². The summed E-state index contributed by atoms with van der Waals surface area (Å²) in [6, 6.07) is 6.36. The number of fused-ring (bicyclic) bond motifs is 1. The fourth-order valence-corrected chi connectivity index (χ4v) is 4.11. The number of halogens is 2. The smallest absolute Gasteiger partial charge is 0.227 e. The van der Waals surface area contributed by atoms with Crippen molar-refractivity contribution in [1.29, 1.82) is 0 Å². The van der Waals surface area contributed by atoms with Crippen molar-refractivity contribution in [3.63, 3.8) is 0 Å². The third-order valence-corrected chi connectivity index (χ3v) is 5.75. The maximum absolute atomic E-state index is 14.0. The van der Waals surface area contributed by atoms with Crippen LogP contribution in [0.1, 0.15) is 23.7 Å². The van der Waals surface area contributed by atoms with Crippen LogP contribution in [-0.2, 0) is 22.5 Å². The van der Waals surface area contributed by atoms with Gasteiger partial charge in [-0.05, 0) is 24.6 Å². The van der Waals surface area contributed by atoms with Gasteiger partial charge in [0.15, 0.2) is 0 Å². The number of carbonyl (C=O) groups is 1. The number of ether oxygens (including phenoxy) is 1. The molecule has 0 spiro atoms. The molecule has 1 aliphatic rings. The number of pyridine rings is 1. The van der Waals surface area contributed by atoms with Gasteiger partial charge in [-0.2, -0.15) is 0 Å². The summed E-state index contributed by atoms with van der Waals surface area (Å²) in [5, 5.41) is 0.281. The zero-order valence-electron chi connectivity index (χ0n) is 16.1. The minimum absolute atomic E-state index is 0.0394. The molecule has 8 heteroatoms. The van der Waals surface area contributed by atoms with Crippen molar-refractivity contribution in [2.24, 2.45) is 0 Å². The monoisotopic (exact) mass is 416 g/mol. The first kappa shape index (κ1) is 19.8. The second kappa shape index (κ2) is 8.47. The second-order valence-electron chi connectivity index (χ2n) is 7.18. The van der Waals surface area contributed by atoms with E-state index in [-0.39, 0.29) is 28.8 Å². The summed E-state index contributed by atoms with van der Waals surface area (Å²) in [5.74, 6) is 0.472. The Balaban J connectivity index is 1.53. The van der Waals surface area contributed by atoms with Gasteiger partial charge in [0.2, 0.25) is 5.91 Å². The lowest BCUT2D eigenvalue weighted by atomic mass is 10.1. The number of hydrogen-bond acceptors (Lipinski definition) is 4. The van der Waals surface area contributed by atoms with Crippen LogP contribution >= 0.6 is 11.6 Å². The van der Waals surface area contributed by atoms with Gasteiger partial charge in [-0.25, -0.2) is 9.37 Å². The van der Waals surface area contributed by atoms with E-state index in [1.54, 1.807) is 30.5 Å². The molecule has 0 aliphatic carbocycles. The SMILES string of the molecule is COCCn1c(C2CCN(C(=O)Cc3c(F)cccc3Cl)C2)nc2ccncc21. The van der Waals surface area contributed by atoms with Crippen molar-refractivity contribution in [2.75, 3.05) is 26.8 Å². The highest BCUT2D eigenvalue weighted by Gasteiger charge is 2.31. The van der Waals surface area contributed by atoms with Crippen molar-refractivity contribution >= 4 is 28.5 Å². The van der Waals surface area contributed by atoms with Crippen LogP contribution in [0.5, 0.6) is 0 Å². The zero-order chi connectivity index (χ0) is 20.4. The molecule has 0 radical (unpaired) electrons. The predicted octanol–water partition coefficient (Wildman–Crippen LogP) is 3.43. The number of methoxy groups -OCH3 is 1. The van der Waals surface area contributed by atoms with E-state index in [1.165, 1.54) is 12.1 Å². The molecule has 3 heterocycles. The highest BCUT2D eigenvalue weighted by molar-refractivity contribution is 6.31. The van der Waals surface area contributed by atoms with Gasteiger partial charge in [-0.3, -0.25) is 9.78 Å². The van der Waals surface area contributed by atoms with E-state index < -0.39 is 5.82 Å². The molecule has 0 bridgehead atoms. The van der Waals surface area contributed by atoms with Gasteiger partial charge in [0.1, 0.15) is 11.6 Å². The van der Waals surface area contributed by atoms with Gasteiger partial charge >= 0.3 is 0 Å². The second-order valence-corrected chi connectivity index (χ2v) is 7.59. The van der Waals surface area contributed by atoms with Crippen LogP contribution in [0.25, 0.3) is 11.0 Å². The fourth-order valence-electron chi connectivity index (χ4n) is 3.88. The molecule has 1 amide bonds. The number of amides is 1. The average Bonchev–Trinajstić information content (AvgIpc) is 3.34. The Hall–Kier alpha value is -2.51. The molecule has 2 aromatic heterocycles. The lowest BCUT2D eigenvalue weighted by Crippen LogP contribution is -2.30. The summed E-state index contributed by atoms with van der Waals surface area (Å²) in [5.41, 5.74) is 2.09. The largest absolute Gasteiger partial charge is 0.383 e. The number of imidazole rings is 1. The summed E-state index contributed by atoms with van der Waals surface area (Å²) < 4.78 is 21.4. The molecule has 3 aromatic rings. The highest BCUT2D eigenvalue weighted by Crippen LogP contribution is 2.30. The Morgan fingerprint density at radius 1 is 1.38 bits per heavy atom. The molecule has 6 nitrogen and oxygen atoms in total. The lowest BCUT2D eigenvalue weighted by Gasteiger charge is -2.18. The number of likely N-dealkylation sites (tertiary alicyclic amines) is 1. The average molecular weight is 417 g/mol. The molecule has 29 heavy (non-hydrogen) atoms. The van der Waals surface area contributed by atoms with Gasteiger partial charge in [0.25, 0.3) is 0 Å². The Morgan fingerprint density at radius 3 is 3.03 bits per heavy atom. The molecular weight excluding hydrogens is 395 g/mol. The number of carbonyl (C=O) groups excluding carboxylic acids is 1. The van der Waals surface area contributed by atoms with Crippen LogP contribution in [0.3, 0.4) is 0 Å². The van der Waals surface area contributed by atoms with Crippen LogP contribution in [0.2, 0.25) is 5.02 Å². The van der Waals surface area contributed by atoms with Crippen molar-refractivity contribution in [3.8, 4) is 0 Å². The molecule has 1 unspecified atom stereocenters. The van der Waals surface area contributed by atoms with E-state index >= 15 is 0 Å². The third kappa shape index (κ3) is 3.97. The minimum atomic E-state index is -0.449. The molecule has 1 aliphatic heterocycles. The van der Waals surface area contributed by atoms with Crippen LogP contribution in [0, 0.1) is 5.82 Å². The summed E-state index contributed by atoms with van der Waals surface area (Å²) >= 11 is 6.08. The van der Waals surface area contributed by atoms with Crippen LogP contribution < -0.4 is 0 Å². The minimum Gasteiger partial charge on any atom is -0.383 e. The Labute approximate surface area is 173 Å². The van der Waals surface area contributed by atoms with Crippen LogP contribution in [-0.4, -0.2) is 52.1 Å². The normalized spacial score (nSPS) is 16.7. The number of rotatable bonds is 6. The van der Waals surface area contributed by atoms with Crippen molar-refractivity contribution < 1.29 is 13.9 Å². The molecule has 0 saturated carbocycles. The first-order chi connectivity index (χ1) is 14.1. The summed E-state index contributed by atoms with van der Waals surface area (Å²) in [4.78, 5) is 23.6. The first-order valence-electron chi connectivity index (χ1n) is 9.58. The van der Waals surface area contributed by atoms with Gasteiger partial charge in [0, 0.05) is 49.4 Å². The van der Waals surface area contributed by atoms with E-state index in [2.05, 4.69) is 9.55 Å². The quantitative estimate of drug-likeness (QED) is 0.617. The maximum Gasteiger partial charge on any atom is 0.227 e. The van der Waals surface area contributed by atoms with Gasteiger partial charge in [0.05, 0.1) is 30.3 Å². The summed E-state index contributed by atoms with van der Waals surface area (Å²) in [6.45, 7) is 2.40. The van der Waals surface area contributed by atoms with Gasteiger partial charge < -0.3 is 14.2 Å². The van der Waals surface area contributed by atoms with E-state index in [0.717, 1.165) is 23.3 Å². The van der Waals surface area contributed by atoms with Gasteiger partial charge in [-0.15, -0.1) is 0 Å². The van der Waals surface area contributed by atoms with Gasteiger partial charge in [-0.1, -0.05) is 17.7 Å². The summed E-state index contributed by atoms with van der Waals surface area (Å²) in [6.07, 6.45) is 4.30. The van der Waals surface area contributed by atoms with E-state index in [0.29, 0.717) is 26.2 Å². The van der Waals surface area contributed by atoms with Crippen LogP contribution in [0.15, 0.2) is 36.7 Å². The third-order valence-electron chi connectivity index (χ3n) is 5.39. The Morgan fingerprint density at radius 2 is 2.24 bits per heavy atom. The molecule has 152 valence electrons. The topological polar surface area (TPSA) is 60.2 Å². The van der Waals surface area contributed by atoms with E-state index in [9.17, 15) is 9.18 Å². The highest BCUT2D eigenvalue weighted by atomic mass is 35.5. The number of aromatic nitrogens is 3. The molecule has 1 aromatic carbocycles. The molecule has 1 fully saturated rings. The fraction of sp³-hybridized carbons (Fsp3) is 0.381. The Bertz CT molecular complexity index is 1020. The molecular formula is C21H22ClFN4O2. The van der Waals surface area contributed by atoms with Crippen molar-refractivity contribution in [3.05, 3.63) is 58.9 Å². The predicted molar refractivity (Wildman–Crippen MR) is 108 cm³/mol. The molecule has 1 atom stereocenters. The molecule has 0 N–H and O–H groups in total. The first-order valence-corrected chi connectivity index (χ1v) is 9.96. The summed E-state index contributed by atoms with van der Waals surface area (Å²) in [7, 11) is 1.67. The number of hydrogen-bond donors (Lipinski definition) is 0. The number of nitrogens with zero attached hydrogens (tertiary/aromatic N) is 4. The van der Waals surface area contributed by atoms with Crippen molar-refractivity contribution in [1.82, 2.24) is 19.4 Å². The van der Waals surface area contributed by atoms with E-state index in [1.807, 2.05) is 6.07 Å². The number of benzene rings is 1.